The number of carbonyl (C=O) groups is 2. The lowest BCUT2D eigenvalue weighted by Gasteiger charge is -2.29. The van der Waals surface area contributed by atoms with E-state index < -0.39 is 29.3 Å². The first-order valence-electron chi connectivity index (χ1n) is 6.40. The number of esters is 1. The van der Waals surface area contributed by atoms with Gasteiger partial charge in [0.2, 0.25) is 0 Å². The molecule has 0 aliphatic carbocycles. The summed E-state index contributed by atoms with van der Waals surface area (Å²) in [5.74, 6) is -0.414. The Morgan fingerprint density at radius 3 is 2.05 bits per heavy atom. The van der Waals surface area contributed by atoms with Gasteiger partial charge in [0, 0.05) is 6.20 Å². The van der Waals surface area contributed by atoms with E-state index in [-0.39, 0.29) is 0 Å². The Morgan fingerprint density at radius 1 is 1.05 bits per heavy atom. The highest BCUT2D eigenvalue weighted by Crippen LogP contribution is 2.21. The largest absolute Gasteiger partial charge is 0.458 e. The Bertz CT molecular complexity index is 387. The van der Waals surface area contributed by atoms with E-state index in [4.69, 9.17) is 9.47 Å². The summed E-state index contributed by atoms with van der Waals surface area (Å²) in [6.07, 6.45) is 3.26. The monoisotopic (exact) mass is 269 g/mol. The van der Waals surface area contributed by atoms with Gasteiger partial charge in [-0.05, 0) is 48.0 Å². The maximum Gasteiger partial charge on any atom is 0.415 e. The molecular weight excluding hydrogens is 246 g/mol. The maximum atomic E-state index is 12.0. The molecule has 19 heavy (non-hydrogen) atoms. The molecule has 0 aromatic heterocycles. The summed E-state index contributed by atoms with van der Waals surface area (Å²) in [4.78, 5) is 25.3. The normalized spacial score (nSPS) is 19.5. The third kappa shape index (κ3) is 4.93. The van der Waals surface area contributed by atoms with Gasteiger partial charge in [-0.3, -0.25) is 4.90 Å². The van der Waals surface area contributed by atoms with Crippen LogP contribution < -0.4 is 0 Å². The highest BCUT2D eigenvalue weighted by molar-refractivity contribution is 5.83. The first-order valence-corrected chi connectivity index (χ1v) is 6.40. The van der Waals surface area contributed by atoms with Crippen LogP contribution >= 0.6 is 0 Å². The van der Waals surface area contributed by atoms with Crippen molar-refractivity contribution in [3.05, 3.63) is 12.3 Å². The van der Waals surface area contributed by atoms with E-state index in [9.17, 15) is 9.59 Å². The van der Waals surface area contributed by atoms with E-state index in [0.717, 1.165) is 0 Å². The van der Waals surface area contributed by atoms with E-state index >= 15 is 0 Å². The van der Waals surface area contributed by atoms with Crippen LogP contribution in [0.3, 0.4) is 0 Å². The van der Waals surface area contributed by atoms with Crippen molar-refractivity contribution < 1.29 is 19.1 Å². The number of hydrogen-bond donors (Lipinski definition) is 0. The SMILES string of the molecule is CC(C)(C)OC(=O)C1CC=CN1C(=O)OC(C)(C)C. The van der Waals surface area contributed by atoms with Gasteiger partial charge >= 0.3 is 12.1 Å². The fraction of sp³-hybridized carbons (Fsp3) is 0.714. The summed E-state index contributed by atoms with van der Waals surface area (Å²) in [6.45, 7) is 10.7. The molecule has 1 aliphatic rings. The molecule has 0 aromatic carbocycles. The van der Waals surface area contributed by atoms with Crippen molar-refractivity contribution in [3.8, 4) is 0 Å². The molecule has 108 valence electrons. The van der Waals surface area contributed by atoms with E-state index in [1.807, 2.05) is 0 Å². The van der Waals surface area contributed by atoms with Gasteiger partial charge in [0.1, 0.15) is 17.2 Å². The number of hydrogen-bond acceptors (Lipinski definition) is 4. The van der Waals surface area contributed by atoms with Gasteiger partial charge in [-0.15, -0.1) is 0 Å². The van der Waals surface area contributed by atoms with Gasteiger partial charge in [-0.1, -0.05) is 6.08 Å². The fourth-order valence-electron chi connectivity index (χ4n) is 1.60. The molecule has 0 saturated carbocycles. The second kappa shape index (κ2) is 5.23. The standard InChI is InChI=1S/C14H23NO4/c1-13(2,3)18-11(16)10-8-7-9-15(10)12(17)19-14(4,5)6/h7,9-10H,8H2,1-6H3. The van der Waals surface area contributed by atoms with Gasteiger partial charge < -0.3 is 9.47 Å². The molecule has 1 heterocycles. The number of ether oxygens (including phenoxy) is 2. The Kier molecular flexibility index (Phi) is 4.28. The molecule has 0 saturated heterocycles. The number of nitrogens with zero attached hydrogens (tertiary/aromatic N) is 1. The highest BCUT2D eigenvalue weighted by Gasteiger charge is 2.36. The molecule has 1 amide bonds. The van der Waals surface area contributed by atoms with Crippen molar-refractivity contribution in [2.75, 3.05) is 0 Å². The minimum Gasteiger partial charge on any atom is -0.458 e. The summed E-state index contributed by atoms with van der Waals surface area (Å²) in [7, 11) is 0. The van der Waals surface area contributed by atoms with E-state index in [0.29, 0.717) is 6.42 Å². The molecule has 0 fully saturated rings. The lowest BCUT2D eigenvalue weighted by atomic mass is 10.1. The first-order chi connectivity index (χ1) is 8.49. The highest BCUT2D eigenvalue weighted by atomic mass is 16.6. The summed E-state index contributed by atoms with van der Waals surface area (Å²) in [6, 6.07) is -0.630. The third-order valence-electron chi connectivity index (χ3n) is 2.24. The van der Waals surface area contributed by atoms with Gasteiger partial charge in [0.15, 0.2) is 0 Å². The summed E-state index contributed by atoms with van der Waals surface area (Å²) < 4.78 is 10.6. The molecule has 1 atom stereocenters. The quantitative estimate of drug-likeness (QED) is 0.687. The minimum absolute atomic E-state index is 0.414. The zero-order valence-electron chi connectivity index (χ0n) is 12.5. The lowest BCUT2D eigenvalue weighted by molar-refractivity contribution is -0.159. The Hall–Kier alpha value is -1.52. The molecule has 0 bridgehead atoms. The van der Waals surface area contributed by atoms with Crippen LogP contribution in [-0.2, 0) is 14.3 Å². The van der Waals surface area contributed by atoms with Crippen molar-refractivity contribution in [1.82, 2.24) is 4.90 Å². The van der Waals surface area contributed by atoms with Crippen LogP contribution in [0.4, 0.5) is 4.79 Å². The van der Waals surface area contributed by atoms with Crippen molar-refractivity contribution in [2.45, 2.75) is 65.2 Å². The average Bonchev–Trinajstić information content (AvgIpc) is 2.59. The van der Waals surface area contributed by atoms with Gasteiger partial charge in [-0.2, -0.15) is 0 Å². The van der Waals surface area contributed by atoms with E-state index in [1.54, 1.807) is 53.8 Å². The Balaban J connectivity index is 2.71. The van der Waals surface area contributed by atoms with Gasteiger partial charge in [-0.25, -0.2) is 9.59 Å². The third-order valence-corrected chi connectivity index (χ3v) is 2.24. The molecule has 0 aromatic rings. The Morgan fingerprint density at radius 2 is 1.58 bits per heavy atom. The van der Waals surface area contributed by atoms with Crippen LogP contribution in [-0.4, -0.2) is 34.2 Å². The van der Waals surface area contributed by atoms with Crippen LogP contribution in [0.25, 0.3) is 0 Å². The van der Waals surface area contributed by atoms with Crippen LogP contribution in [0.2, 0.25) is 0 Å². The summed E-state index contributed by atoms with van der Waals surface area (Å²) in [5.41, 5.74) is -1.16. The molecule has 5 heteroatoms. The van der Waals surface area contributed by atoms with E-state index in [2.05, 4.69) is 0 Å². The predicted molar refractivity (Wildman–Crippen MR) is 71.5 cm³/mol. The number of carbonyl (C=O) groups excluding carboxylic acids is 2. The molecule has 0 spiro atoms. The molecule has 0 N–H and O–H groups in total. The maximum absolute atomic E-state index is 12.0. The number of rotatable bonds is 1. The summed E-state index contributed by atoms with van der Waals surface area (Å²) in [5, 5.41) is 0. The zero-order chi connectivity index (χ0) is 14.8. The molecule has 1 aliphatic heterocycles. The minimum atomic E-state index is -0.630. The fourth-order valence-corrected chi connectivity index (χ4v) is 1.60. The molecule has 1 rings (SSSR count). The molecular formula is C14H23NO4. The van der Waals surface area contributed by atoms with Crippen LogP contribution in [0, 0.1) is 0 Å². The average molecular weight is 269 g/mol. The lowest BCUT2D eigenvalue weighted by Crippen LogP contribution is -2.44. The van der Waals surface area contributed by atoms with Crippen molar-refractivity contribution in [3.63, 3.8) is 0 Å². The Labute approximate surface area is 114 Å². The number of amides is 1. The van der Waals surface area contributed by atoms with Crippen molar-refractivity contribution >= 4 is 12.1 Å². The molecule has 0 radical (unpaired) electrons. The van der Waals surface area contributed by atoms with Crippen molar-refractivity contribution in [1.29, 1.82) is 0 Å². The second-order valence-electron chi connectivity index (χ2n) is 6.56. The van der Waals surface area contributed by atoms with Crippen LogP contribution in [0.15, 0.2) is 12.3 Å². The van der Waals surface area contributed by atoms with Gasteiger partial charge in [0.05, 0.1) is 0 Å². The topological polar surface area (TPSA) is 55.8 Å². The summed E-state index contributed by atoms with van der Waals surface area (Å²) >= 11 is 0. The predicted octanol–water partition coefficient (Wildman–Crippen LogP) is 2.85. The first kappa shape index (κ1) is 15.5. The van der Waals surface area contributed by atoms with Crippen molar-refractivity contribution in [2.24, 2.45) is 0 Å². The van der Waals surface area contributed by atoms with E-state index in [1.165, 1.54) is 4.90 Å². The second-order valence-corrected chi connectivity index (χ2v) is 6.56. The van der Waals surface area contributed by atoms with Crippen LogP contribution in [0.1, 0.15) is 48.0 Å². The smallest absolute Gasteiger partial charge is 0.415 e. The molecule has 5 nitrogen and oxygen atoms in total. The molecule has 1 unspecified atom stereocenters. The zero-order valence-corrected chi connectivity index (χ0v) is 12.5. The van der Waals surface area contributed by atoms with Gasteiger partial charge in [0.25, 0.3) is 0 Å². The van der Waals surface area contributed by atoms with Crippen LogP contribution in [0.5, 0.6) is 0 Å².